The molecule has 0 nitrogen and oxygen atoms in total. The van der Waals surface area contributed by atoms with E-state index in [2.05, 4.69) is 67.6 Å². The maximum Gasteiger partial charge on any atom is 0.00335 e. The molecule has 0 spiro atoms. The van der Waals surface area contributed by atoms with Gasteiger partial charge in [0.25, 0.3) is 0 Å². The zero-order valence-corrected chi connectivity index (χ0v) is 11.5. The molecule has 0 saturated carbocycles. The molecule has 0 saturated heterocycles. The van der Waals surface area contributed by atoms with Gasteiger partial charge in [0.05, 0.1) is 0 Å². The summed E-state index contributed by atoms with van der Waals surface area (Å²) in [5, 5.41) is 0. The van der Waals surface area contributed by atoms with Crippen LogP contribution in [0.25, 0.3) is 5.57 Å². The normalized spacial score (nSPS) is 17.1. The molecule has 0 bridgehead atoms. The Hall–Kier alpha value is -1.82. The SMILES string of the molecule is CCCCC1C=C(c2ccccc2)c2ccccc21. The third-order valence-corrected chi connectivity index (χ3v) is 3.97. The fourth-order valence-electron chi connectivity index (χ4n) is 2.98. The van der Waals surface area contributed by atoms with E-state index in [0.717, 1.165) is 0 Å². The van der Waals surface area contributed by atoms with Crippen LogP contribution in [-0.4, -0.2) is 0 Å². The highest BCUT2D eigenvalue weighted by molar-refractivity contribution is 5.85. The summed E-state index contributed by atoms with van der Waals surface area (Å²) in [5.41, 5.74) is 5.69. The van der Waals surface area contributed by atoms with E-state index in [9.17, 15) is 0 Å². The molecule has 1 atom stereocenters. The lowest BCUT2D eigenvalue weighted by Crippen LogP contribution is -1.92. The van der Waals surface area contributed by atoms with Crippen molar-refractivity contribution in [1.29, 1.82) is 0 Å². The van der Waals surface area contributed by atoms with Gasteiger partial charge in [-0.1, -0.05) is 80.4 Å². The standard InChI is InChI=1S/C19H20/c1-2-3-9-16-14-19(15-10-5-4-6-11-15)18-13-8-7-12-17(16)18/h4-8,10-14,16H,2-3,9H2,1H3. The van der Waals surface area contributed by atoms with Crippen LogP contribution < -0.4 is 0 Å². The molecule has 0 aromatic heterocycles. The van der Waals surface area contributed by atoms with Crippen LogP contribution in [0.1, 0.15) is 48.8 Å². The number of benzene rings is 2. The fourth-order valence-corrected chi connectivity index (χ4v) is 2.98. The van der Waals surface area contributed by atoms with Crippen molar-refractivity contribution in [3.8, 4) is 0 Å². The van der Waals surface area contributed by atoms with Gasteiger partial charge >= 0.3 is 0 Å². The topological polar surface area (TPSA) is 0 Å². The van der Waals surface area contributed by atoms with E-state index in [1.807, 2.05) is 0 Å². The van der Waals surface area contributed by atoms with Crippen molar-refractivity contribution in [2.24, 2.45) is 0 Å². The lowest BCUT2D eigenvalue weighted by atomic mass is 9.95. The second kappa shape index (κ2) is 5.44. The summed E-state index contributed by atoms with van der Waals surface area (Å²) in [4.78, 5) is 0. The van der Waals surface area contributed by atoms with E-state index in [0.29, 0.717) is 5.92 Å². The van der Waals surface area contributed by atoms with Crippen LogP contribution in [0.4, 0.5) is 0 Å². The van der Waals surface area contributed by atoms with Crippen LogP contribution in [0, 0.1) is 0 Å². The Morgan fingerprint density at radius 2 is 1.63 bits per heavy atom. The van der Waals surface area contributed by atoms with Crippen LogP contribution >= 0.6 is 0 Å². The van der Waals surface area contributed by atoms with Crippen molar-refractivity contribution < 1.29 is 0 Å². The molecular weight excluding hydrogens is 228 g/mol. The third kappa shape index (κ3) is 2.35. The van der Waals surface area contributed by atoms with Gasteiger partial charge < -0.3 is 0 Å². The summed E-state index contributed by atoms with van der Waals surface area (Å²) >= 11 is 0. The number of unbranched alkanes of at least 4 members (excludes halogenated alkanes) is 1. The molecule has 19 heavy (non-hydrogen) atoms. The minimum absolute atomic E-state index is 0.603. The minimum atomic E-state index is 0.603. The van der Waals surface area contributed by atoms with Gasteiger partial charge in [-0.25, -0.2) is 0 Å². The Morgan fingerprint density at radius 1 is 0.895 bits per heavy atom. The largest absolute Gasteiger partial charge is 0.0685 e. The lowest BCUT2D eigenvalue weighted by molar-refractivity contribution is 0.669. The molecule has 0 heteroatoms. The monoisotopic (exact) mass is 248 g/mol. The summed E-state index contributed by atoms with van der Waals surface area (Å²) in [6.45, 7) is 2.27. The van der Waals surface area contributed by atoms with Crippen molar-refractivity contribution in [3.63, 3.8) is 0 Å². The first-order valence-electron chi connectivity index (χ1n) is 7.26. The van der Waals surface area contributed by atoms with Gasteiger partial charge in [-0.3, -0.25) is 0 Å². The van der Waals surface area contributed by atoms with Gasteiger partial charge in [0.2, 0.25) is 0 Å². The fraction of sp³-hybridized carbons (Fsp3) is 0.263. The Balaban J connectivity index is 2.00. The van der Waals surface area contributed by atoms with E-state index in [-0.39, 0.29) is 0 Å². The predicted octanol–water partition coefficient (Wildman–Crippen LogP) is 5.41. The van der Waals surface area contributed by atoms with Crippen LogP contribution in [0.15, 0.2) is 60.7 Å². The maximum absolute atomic E-state index is 2.47. The first kappa shape index (κ1) is 12.2. The quantitative estimate of drug-likeness (QED) is 0.679. The van der Waals surface area contributed by atoms with E-state index in [1.54, 1.807) is 0 Å². The highest BCUT2D eigenvalue weighted by atomic mass is 14.3. The number of rotatable bonds is 4. The smallest absolute Gasteiger partial charge is 0.00335 e. The summed E-state index contributed by atoms with van der Waals surface area (Å²) in [6.07, 6.45) is 6.31. The Morgan fingerprint density at radius 3 is 2.42 bits per heavy atom. The van der Waals surface area contributed by atoms with E-state index in [1.165, 1.54) is 41.5 Å². The minimum Gasteiger partial charge on any atom is -0.0685 e. The van der Waals surface area contributed by atoms with Gasteiger partial charge in [-0.2, -0.15) is 0 Å². The molecule has 0 fully saturated rings. The highest BCUT2D eigenvalue weighted by Gasteiger charge is 2.22. The molecule has 0 radical (unpaired) electrons. The number of allylic oxidation sites excluding steroid dienone is 1. The number of hydrogen-bond donors (Lipinski definition) is 0. The first-order chi connectivity index (χ1) is 9.40. The van der Waals surface area contributed by atoms with Crippen molar-refractivity contribution in [2.75, 3.05) is 0 Å². The molecular formula is C19H20. The van der Waals surface area contributed by atoms with Crippen LogP contribution in [-0.2, 0) is 0 Å². The molecule has 0 N–H and O–H groups in total. The Labute approximate surface area is 115 Å². The van der Waals surface area contributed by atoms with E-state index < -0.39 is 0 Å². The molecule has 2 aromatic carbocycles. The Bertz CT molecular complexity index is 578. The van der Waals surface area contributed by atoms with Crippen molar-refractivity contribution in [1.82, 2.24) is 0 Å². The Kier molecular flexibility index (Phi) is 3.50. The summed E-state index contributed by atoms with van der Waals surface area (Å²) < 4.78 is 0. The highest BCUT2D eigenvalue weighted by Crippen LogP contribution is 2.41. The van der Waals surface area contributed by atoms with Crippen LogP contribution in [0.5, 0.6) is 0 Å². The average molecular weight is 248 g/mol. The second-order valence-electron chi connectivity index (χ2n) is 5.28. The van der Waals surface area contributed by atoms with Gasteiger partial charge in [0, 0.05) is 5.92 Å². The summed E-state index contributed by atoms with van der Waals surface area (Å²) in [6, 6.07) is 19.6. The maximum atomic E-state index is 2.47. The summed E-state index contributed by atoms with van der Waals surface area (Å²) in [7, 11) is 0. The van der Waals surface area contributed by atoms with Crippen molar-refractivity contribution >= 4 is 5.57 Å². The van der Waals surface area contributed by atoms with Gasteiger partial charge in [-0.15, -0.1) is 0 Å². The molecule has 0 amide bonds. The predicted molar refractivity (Wildman–Crippen MR) is 82.2 cm³/mol. The molecule has 1 aliphatic rings. The van der Waals surface area contributed by atoms with Crippen molar-refractivity contribution in [3.05, 3.63) is 77.4 Å². The number of hydrogen-bond acceptors (Lipinski definition) is 0. The second-order valence-corrected chi connectivity index (χ2v) is 5.28. The van der Waals surface area contributed by atoms with E-state index >= 15 is 0 Å². The zero-order chi connectivity index (χ0) is 13.1. The summed E-state index contributed by atoms with van der Waals surface area (Å²) in [5.74, 6) is 0.603. The van der Waals surface area contributed by atoms with Gasteiger partial charge in [0.1, 0.15) is 0 Å². The molecule has 3 rings (SSSR count). The van der Waals surface area contributed by atoms with Crippen molar-refractivity contribution in [2.45, 2.75) is 32.1 Å². The third-order valence-electron chi connectivity index (χ3n) is 3.97. The van der Waals surface area contributed by atoms with Gasteiger partial charge in [0.15, 0.2) is 0 Å². The van der Waals surface area contributed by atoms with Crippen LogP contribution in [0.3, 0.4) is 0 Å². The number of fused-ring (bicyclic) bond motifs is 1. The lowest BCUT2D eigenvalue weighted by Gasteiger charge is -2.09. The van der Waals surface area contributed by atoms with Crippen LogP contribution in [0.2, 0.25) is 0 Å². The zero-order valence-electron chi connectivity index (χ0n) is 11.5. The molecule has 0 aliphatic heterocycles. The first-order valence-corrected chi connectivity index (χ1v) is 7.26. The average Bonchev–Trinajstić information content (AvgIpc) is 2.85. The molecule has 1 aliphatic carbocycles. The van der Waals surface area contributed by atoms with Gasteiger partial charge in [-0.05, 0) is 28.7 Å². The molecule has 1 unspecified atom stereocenters. The molecule has 2 aromatic rings. The van der Waals surface area contributed by atoms with E-state index in [4.69, 9.17) is 0 Å². The molecule has 0 heterocycles. The molecule has 96 valence electrons.